The normalized spacial score (nSPS) is 29.6. The molecule has 4 atom stereocenters. The fourth-order valence-electron chi connectivity index (χ4n) is 6.53. The lowest BCUT2D eigenvalue weighted by Crippen LogP contribution is -2.48. The number of likely N-dealkylation sites (tertiary alicyclic amines) is 1. The summed E-state index contributed by atoms with van der Waals surface area (Å²) in [6.07, 6.45) is 10.0. The number of fused-ring (bicyclic) bond motifs is 3. The van der Waals surface area contributed by atoms with Gasteiger partial charge in [0.2, 0.25) is 5.91 Å². The lowest BCUT2D eigenvalue weighted by atomic mass is 9.88. The fourth-order valence-corrected chi connectivity index (χ4v) is 6.53. The van der Waals surface area contributed by atoms with Crippen LogP contribution in [0.5, 0.6) is 0 Å². The van der Waals surface area contributed by atoms with E-state index in [9.17, 15) is 19.5 Å². The SMILES string of the molecule is COC(=O)[C@@H]1[C@@H](CO)[C@@H]2Cn3c(ccc(C4=CCCCC4)c3=O)[C@@H]2N1C(=O)C1CCCC1. The van der Waals surface area contributed by atoms with Crippen LogP contribution in [-0.4, -0.2) is 46.2 Å². The molecule has 32 heavy (non-hydrogen) atoms. The second-order valence-corrected chi connectivity index (χ2v) is 9.71. The van der Waals surface area contributed by atoms with Gasteiger partial charge in [0.1, 0.15) is 6.04 Å². The van der Waals surface area contributed by atoms with Gasteiger partial charge in [-0.1, -0.05) is 18.9 Å². The number of nitrogens with zero attached hydrogens (tertiary/aromatic N) is 2. The number of methoxy groups -OCH3 is 1. The summed E-state index contributed by atoms with van der Waals surface area (Å²) < 4.78 is 6.85. The Labute approximate surface area is 188 Å². The van der Waals surface area contributed by atoms with Crippen LogP contribution in [0.15, 0.2) is 23.0 Å². The van der Waals surface area contributed by atoms with Crippen LogP contribution >= 0.6 is 0 Å². The predicted molar refractivity (Wildman–Crippen MR) is 119 cm³/mol. The van der Waals surface area contributed by atoms with Crippen LogP contribution in [0.1, 0.15) is 68.7 Å². The molecule has 5 rings (SSSR count). The monoisotopic (exact) mass is 440 g/mol. The van der Waals surface area contributed by atoms with Crippen molar-refractivity contribution >= 4 is 17.4 Å². The highest BCUT2D eigenvalue weighted by Crippen LogP contribution is 2.50. The molecule has 7 heteroatoms. The molecular formula is C25H32N2O5. The highest BCUT2D eigenvalue weighted by Gasteiger charge is 2.58. The van der Waals surface area contributed by atoms with Gasteiger partial charge in [0.05, 0.1) is 13.2 Å². The molecular weight excluding hydrogens is 408 g/mol. The number of hydrogen-bond donors (Lipinski definition) is 1. The molecule has 2 aliphatic heterocycles. The molecule has 1 saturated carbocycles. The van der Waals surface area contributed by atoms with Crippen LogP contribution in [0.4, 0.5) is 0 Å². The van der Waals surface area contributed by atoms with Gasteiger partial charge < -0.3 is 19.3 Å². The highest BCUT2D eigenvalue weighted by molar-refractivity contribution is 5.87. The maximum atomic E-state index is 13.6. The Kier molecular flexibility index (Phi) is 5.70. The molecule has 0 spiro atoms. The van der Waals surface area contributed by atoms with Gasteiger partial charge in [0.25, 0.3) is 5.56 Å². The molecule has 0 radical (unpaired) electrons. The van der Waals surface area contributed by atoms with Gasteiger partial charge in [0.15, 0.2) is 0 Å². The first kappa shape index (κ1) is 21.4. The van der Waals surface area contributed by atoms with E-state index in [1.165, 1.54) is 7.11 Å². The zero-order valence-electron chi connectivity index (χ0n) is 18.7. The Hall–Kier alpha value is -2.41. The number of aliphatic hydroxyl groups excluding tert-OH is 1. The van der Waals surface area contributed by atoms with Crippen molar-refractivity contribution in [3.8, 4) is 0 Å². The number of amides is 1. The quantitative estimate of drug-likeness (QED) is 0.727. The number of aromatic nitrogens is 1. The number of carbonyl (C=O) groups excluding carboxylic acids is 2. The summed E-state index contributed by atoms with van der Waals surface area (Å²) >= 11 is 0. The first-order chi connectivity index (χ1) is 15.6. The van der Waals surface area contributed by atoms with Gasteiger partial charge in [-0.25, -0.2) is 4.79 Å². The molecule has 0 bridgehead atoms. The molecule has 1 saturated heterocycles. The average Bonchev–Trinajstić information content (AvgIpc) is 3.54. The number of esters is 1. The van der Waals surface area contributed by atoms with Crippen molar-refractivity contribution in [1.82, 2.24) is 9.47 Å². The summed E-state index contributed by atoms with van der Waals surface area (Å²) in [7, 11) is 1.33. The number of ether oxygens (including phenoxy) is 1. The molecule has 1 N–H and O–H groups in total. The van der Waals surface area contributed by atoms with Crippen LogP contribution in [0.2, 0.25) is 0 Å². The number of pyridine rings is 1. The van der Waals surface area contributed by atoms with Crippen molar-refractivity contribution < 1.29 is 19.4 Å². The Morgan fingerprint density at radius 1 is 1.16 bits per heavy atom. The maximum absolute atomic E-state index is 13.6. The molecule has 172 valence electrons. The van der Waals surface area contributed by atoms with Gasteiger partial charge in [-0.2, -0.15) is 0 Å². The second-order valence-electron chi connectivity index (χ2n) is 9.71. The Balaban J connectivity index is 1.58. The third-order valence-corrected chi connectivity index (χ3v) is 8.11. The van der Waals surface area contributed by atoms with Crippen molar-refractivity contribution in [1.29, 1.82) is 0 Å². The predicted octanol–water partition coefficient (Wildman–Crippen LogP) is 2.66. The van der Waals surface area contributed by atoms with Crippen molar-refractivity contribution in [2.75, 3.05) is 13.7 Å². The molecule has 3 heterocycles. The van der Waals surface area contributed by atoms with E-state index in [2.05, 4.69) is 6.08 Å². The third kappa shape index (κ3) is 3.24. The highest BCUT2D eigenvalue weighted by atomic mass is 16.5. The Morgan fingerprint density at radius 3 is 2.59 bits per heavy atom. The van der Waals surface area contributed by atoms with E-state index in [0.717, 1.165) is 68.2 Å². The summed E-state index contributed by atoms with van der Waals surface area (Å²) in [5.41, 5.74) is 2.60. The van der Waals surface area contributed by atoms with Crippen LogP contribution in [0.3, 0.4) is 0 Å². The summed E-state index contributed by atoms with van der Waals surface area (Å²) in [4.78, 5) is 41.5. The van der Waals surface area contributed by atoms with E-state index in [4.69, 9.17) is 4.74 Å². The summed E-state index contributed by atoms with van der Waals surface area (Å²) in [6.45, 7) is 0.184. The maximum Gasteiger partial charge on any atom is 0.328 e. The van der Waals surface area contributed by atoms with Crippen molar-refractivity contribution in [2.45, 2.75) is 70.0 Å². The molecule has 1 amide bonds. The van der Waals surface area contributed by atoms with E-state index in [1.807, 2.05) is 12.1 Å². The van der Waals surface area contributed by atoms with Gasteiger partial charge in [-0.05, 0) is 56.2 Å². The molecule has 4 aliphatic rings. The van der Waals surface area contributed by atoms with Crippen LogP contribution in [-0.2, 0) is 20.9 Å². The minimum absolute atomic E-state index is 0.0235. The van der Waals surface area contributed by atoms with Crippen LogP contribution < -0.4 is 5.56 Å². The summed E-state index contributed by atoms with van der Waals surface area (Å²) in [5.74, 6) is -1.26. The van der Waals surface area contributed by atoms with Crippen molar-refractivity contribution in [3.05, 3.63) is 39.8 Å². The molecule has 0 aromatic carbocycles. The lowest BCUT2D eigenvalue weighted by Gasteiger charge is -2.32. The van der Waals surface area contributed by atoms with Crippen molar-refractivity contribution in [2.24, 2.45) is 17.8 Å². The van der Waals surface area contributed by atoms with Gasteiger partial charge >= 0.3 is 5.97 Å². The van der Waals surface area contributed by atoms with E-state index >= 15 is 0 Å². The zero-order chi connectivity index (χ0) is 22.4. The number of aliphatic hydroxyl groups is 1. The van der Waals surface area contributed by atoms with Crippen LogP contribution in [0.25, 0.3) is 5.57 Å². The van der Waals surface area contributed by atoms with Gasteiger partial charge in [0, 0.05) is 42.2 Å². The molecule has 7 nitrogen and oxygen atoms in total. The number of allylic oxidation sites excluding steroid dienone is 2. The topological polar surface area (TPSA) is 88.8 Å². The van der Waals surface area contributed by atoms with Crippen LogP contribution in [0, 0.1) is 17.8 Å². The standard InChI is InChI=1S/C25H32N2O5/c1-32-25(31)22-19(14-28)18-13-26-20(21(18)27(22)23(29)16-9-5-6-10-16)12-11-17(24(26)30)15-7-3-2-4-8-15/h7,11-12,16,18-19,21-22,28H,2-6,8-10,13-14H2,1H3/t18-,19-,21+,22-/m0/s1. The minimum Gasteiger partial charge on any atom is -0.467 e. The molecule has 1 aromatic rings. The second kappa shape index (κ2) is 8.50. The van der Waals surface area contributed by atoms with E-state index in [-0.39, 0.29) is 36.0 Å². The van der Waals surface area contributed by atoms with Crippen molar-refractivity contribution in [3.63, 3.8) is 0 Å². The lowest BCUT2D eigenvalue weighted by molar-refractivity contribution is -0.155. The number of hydrogen-bond acceptors (Lipinski definition) is 5. The van der Waals surface area contributed by atoms with Gasteiger partial charge in [-0.15, -0.1) is 0 Å². The summed E-state index contributed by atoms with van der Waals surface area (Å²) in [5, 5.41) is 10.3. The average molecular weight is 441 g/mol. The van der Waals surface area contributed by atoms with E-state index in [0.29, 0.717) is 6.54 Å². The van der Waals surface area contributed by atoms with E-state index < -0.39 is 17.9 Å². The minimum atomic E-state index is -0.808. The third-order valence-electron chi connectivity index (χ3n) is 8.11. The molecule has 0 unspecified atom stereocenters. The fraction of sp³-hybridized carbons (Fsp3) is 0.640. The summed E-state index contributed by atoms with van der Waals surface area (Å²) in [6, 6.07) is 2.66. The Bertz CT molecular complexity index is 1010. The molecule has 2 fully saturated rings. The zero-order valence-corrected chi connectivity index (χ0v) is 18.7. The molecule has 1 aromatic heterocycles. The molecule has 2 aliphatic carbocycles. The number of carbonyl (C=O) groups is 2. The van der Waals surface area contributed by atoms with E-state index in [1.54, 1.807) is 9.47 Å². The first-order valence-electron chi connectivity index (χ1n) is 12.0. The largest absolute Gasteiger partial charge is 0.467 e. The Morgan fingerprint density at radius 2 is 1.94 bits per heavy atom. The number of rotatable bonds is 4. The smallest absolute Gasteiger partial charge is 0.328 e. The first-order valence-corrected chi connectivity index (χ1v) is 12.0. The van der Waals surface area contributed by atoms with Gasteiger partial charge in [-0.3, -0.25) is 9.59 Å².